The Morgan fingerprint density at radius 1 is 0.973 bits per heavy atom. The fourth-order valence-corrected chi connectivity index (χ4v) is 4.05. The van der Waals surface area contributed by atoms with E-state index in [4.69, 9.17) is 4.74 Å². The first kappa shape index (κ1) is 27.3. The molecule has 0 saturated carbocycles. The van der Waals surface area contributed by atoms with Crippen molar-refractivity contribution in [2.45, 2.75) is 6.42 Å². The van der Waals surface area contributed by atoms with Gasteiger partial charge in [-0.05, 0) is 66.1 Å². The van der Waals surface area contributed by atoms with Crippen molar-refractivity contribution in [1.29, 1.82) is 0 Å². The number of carbonyl (C=O) groups is 2. The normalized spacial score (nSPS) is 11.2. The molecule has 9 nitrogen and oxygen atoms in total. The van der Waals surface area contributed by atoms with Crippen LogP contribution in [0.1, 0.15) is 11.1 Å². The topological polar surface area (TPSA) is 117 Å². The first-order valence-corrected chi connectivity index (χ1v) is 13.1. The molecule has 0 fully saturated rings. The molecule has 0 aromatic heterocycles. The summed E-state index contributed by atoms with van der Waals surface area (Å²) in [5.74, 6) is -0.940. The lowest BCUT2D eigenvalue weighted by atomic mass is 10.1. The van der Waals surface area contributed by atoms with E-state index in [9.17, 15) is 22.4 Å². The smallest absolute Gasteiger partial charge is 0.260 e. The molecule has 0 aliphatic carbocycles. The molecule has 0 heterocycles. The van der Waals surface area contributed by atoms with Crippen LogP contribution >= 0.6 is 0 Å². The zero-order valence-electron chi connectivity index (χ0n) is 20.1. The molecule has 37 heavy (non-hydrogen) atoms. The van der Waals surface area contributed by atoms with Crippen LogP contribution in [0, 0.1) is 5.82 Å². The van der Waals surface area contributed by atoms with Crippen molar-refractivity contribution in [2.75, 3.05) is 30.3 Å². The van der Waals surface area contributed by atoms with E-state index in [1.165, 1.54) is 18.3 Å². The second kappa shape index (κ2) is 13.2. The second-order valence-corrected chi connectivity index (χ2v) is 9.89. The van der Waals surface area contributed by atoms with E-state index < -0.39 is 28.3 Å². The number of halogens is 1. The van der Waals surface area contributed by atoms with E-state index in [1.807, 2.05) is 30.3 Å². The molecular formula is C26H27FN4O5S. The predicted octanol–water partition coefficient (Wildman–Crippen LogP) is 2.48. The summed E-state index contributed by atoms with van der Waals surface area (Å²) in [4.78, 5) is 24.2. The van der Waals surface area contributed by atoms with E-state index in [0.717, 1.165) is 34.7 Å². The zero-order chi connectivity index (χ0) is 26.7. The molecule has 0 spiro atoms. The van der Waals surface area contributed by atoms with Gasteiger partial charge >= 0.3 is 0 Å². The van der Waals surface area contributed by atoms with Crippen molar-refractivity contribution in [3.05, 3.63) is 95.8 Å². The highest BCUT2D eigenvalue weighted by atomic mass is 32.2. The number of anilines is 1. The lowest BCUT2D eigenvalue weighted by Crippen LogP contribution is -2.39. The number of benzene rings is 3. The van der Waals surface area contributed by atoms with Gasteiger partial charge < -0.3 is 10.1 Å². The number of rotatable bonds is 12. The second-order valence-electron chi connectivity index (χ2n) is 7.98. The van der Waals surface area contributed by atoms with E-state index in [0.29, 0.717) is 17.9 Å². The molecule has 194 valence electrons. The summed E-state index contributed by atoms with van der Waals surface area (Å²) in [7, 11) is -3.78. The molecule has 0 radical (unpaired) electrons. The van der Waals surface area contributed by atoms with Gasteiger partial charge in [-0.25, -0.2) is 18.2 Å². The Balaban J connectivity index is 1.43. The Kier molecular flexibility index (Phi) is 9.73. The first-order chi connectivity index (χ1) is 17.7. The van der Waals surface area contributed by atoms with E-state index >= 15 is 0 Å². The van der Waals surface area contributed by atoms with Crippen LogP contribution in [0.25, 0.3) is 0 Å². The van der Waals surface area contributed by atoms with Crippen molar-refractivity contribution < 1.29 is 27.1 Å². The Morgan fingerprint density at radius 3 is 2.30 bits per heavy atom. The number of nitrogens with one attached hydrogen (secondary N) is 2. The predicted molar refractivity (Wildman–Crippen MR) is 139 cm³/mol. The molecule has 0 aliphatic rings. The van der Waals surface area contributed by atoms with E-state index in [-0.39, 0.29) is 18.2 Å². The SMILES string of the molecule is CS(=O)(=O)N(CC(=O)N/N=C\c1ccc(OCC(=O)NCCc2ccccc2)cc1)c1ccc(F)cc1. The Bertz CT molecular complexity index is 1320. The number of hydrogen-bond acceptors (Lipinski definition) is 6. The minimum Gasteiger partial charge on any atom is -0.484 e. The average molecular weight is 527 g/mol. The number of ether oxygens (including phenoxy) is 1. The Morgan fingerprint density at radius 2 is 1.65 bits per heavy atom. The van der Waals surface area contributed by atoms with E-state index in [1.54, 1.807) is 24.3 Å². The molecular weight excluding hydrogens is 499 g/mol. The van der Waals surface area contributed by atoms with Crippen molar-refractivity contribution >= 4 is 33.7 Å². The fourth-order valence-electron chi connectivity index (χ4n) is 3.19. The fraction of sp³-hybridized carbons (Fsp3) is 0.192. The highest BCUT2D eigenvalue weighted by Crippen LogP contribution is 2.17. The third-order valence-corrected chi connectivity index (χ3v) is 6.17. The summed E-state index contributed by atoms with van der Waals surface area (Å²) >= 11 is 0. The summed E-state index contributed by atoms with van der Waals surface area (Å²) in [6.07, 6.45) is 3.06. The molecule has 0 unspecified atom stereocenters. The lowest BCUT2D eigenvalue weighted by Gasteiger charge is -2.21. The van der Waals surface area contributed by atoms with Gasteiger partial charge in [0.15, 0.2) is 6.61 Å². The standard InChI is InChI=1S/C26H27FN4O5S/c1-37(34,35)31(23-11-9-22(27)10-12-23)18-25(32)30-29-17-21-7-13-24(14-8-21)36-19-26(33)28-16-15-20-5-3-2-4-6-20/h2-14,17H,15-16,18-19H2,1H3,(H,28,33)(H,30,32)/b29-17-. The summed E-state index contributed by atoms with van der Waals surface area (Å²) < 4.78 is 43.6. The van der Waals surface area contributed by atoms with Gasteiger partial charge in [-0.3, -0.25) is 13.9 Å². The number of hydrogen-bond donors (Lipinski definition) is 2. The average Bonchev–Trinajstić information content (AvgIpc) is 2.87. The third-order valence-electron chi connectivity index (χ3n) is 5.03. The number of amides is 2. The van der Waals surface area contributed by atoms with Crippen LogP contribution in [0.5, 0.6) is 5.75 Å². The molecule has 3 aromatic carbocycles. The molecule has 0 saturated heterocycles. The van der Waals surface area contributed by atoms with Gasteiger partial charge in [0.05, 0.1) is 18.2 Å². The van der Waals surface area contributed by atoms with Gasteiger partial charge in [0.1, 0.15) is 18.1 Å². The largest absolute Gasteiger partial charge is 0.484 e. The van der Waals surface area contributed by atoms with Crippen LogP contribution in [0.3, 0.4) is 0 Å². The van der Waals surface area contributed by atoms with Crippen LogP contribution < -0.4 is 19.8 Å². The van der Waals surface area contributed by atoms with Crippen LogP contribution in [0.4, 0.5) is 10.1 Å². The highest BCUT2D eigenvalue weighted by Gasteiger charge is 2.20. The number of nitrogens with zero attached hydrogens (tertiary/aromatic N) is 2. The molecule has 0 aliphatic heterocycles. The first-order valence-electron chi connectivity index (χ1n) is 11.3. The van der Waals surface area contributed by atoms with Crippen molar-refractivity contribution in [3.8, 4) is 5.75 Å². The number of sulfonamides is 1. The number of hydrazone groups is 1. The Labute approximate surface area is 215 Å². The lowest BCUT2D eigenvalue weighted by molar-refractivity contribution is -0.123. The van der Waals surface area contributed by atoms with Crippen molar-refractivity contribution in [3.63, 3.8) is 0 Å². The quantitative estimate of drug-likeness (QED) is 0.278. The van der Waals surface area contributed by atoms with Crippen LogP contribution in [-0.4, -0.2) is 52.4 Å². The van der Waals surface area contributed by atoms with Crippen molar-refractivity contribution in [1.82, 2.24) is 10.7 Å². The maximum absolute atomic E-state index is 13.1. The van der Waals surface area contributed by atoms with Crippen LogP contribution in [0.15, 0.2) is 84.0 Å². The molecule has 2 N–H and O–H groups in total. The monoisotopic (exact) mass is 526 g/mol. The molecule has 0 atom stereocenters. The molecule has 3 rings (SSSR count). The molecule has 11 heteroatoms. The summed E-state index contributed by atoms with van der Waals surface area (Å²) in [5.41, 5.74) is 4.20. The zero-order valence-corrected chi connectivity index (χ0v) is 20.9. The van der Waals surface area contributed by atoms with E-state index in [2.05, 4.69) is 15.8 Å². The number of carbonyl (C=O) groups excluding carboxylic acids is 2. The summed E-state index contributed by atoms with van der Waals surface area (Å²) in [6, 6.07) is 21.3. The third kappa shape index (κ3) is 9.37. The van der Waals surface area contributed by atoms with Gasteiger partial charge in [0.2, 0.25) is 10.0 Å². The van der Waals surface area contributed by atoms with Crippen LogP contribution in [-0.2, 0) is 26.0 Å². The minimum absolute atomic E-state index is 0.122. The van der Waals surface area contributed by atoms with Crippen LogP contribution in [0.2, 0.25) is 0 Å². The van der Waals surface area contributed by atoms with Gasteiger partial charge in [-0.1, -0.05) is 30.3 Å². The summed E-state index contributed by atoms with van der Waals surface area (Å²) in [6.45, 7) is -0.135. The van der Waals surface area contributed by atoms with Gasteiger partial charge in [0.25, 0.3) is 11.8 Å². The Hall–Kier alpha value is -4.25. The molecule has 0 bridgehead atoms. The highest BCUT2D eigenvalue weighted by molar-refractivity contribution is 7.92. The van der Waals surface area contributed by atoms with Crippen molar-refractivity contribution in [2.24, 2.45) is 5.10 Å². The summed E-state index contributed by atoms with van der Waals surface area (Å²) in [5, 5.41) is 6.64. The maximum Gasteiger partial charge on any atom is 0.260 e. The van der Waals surface area contributed by atoms with Gasteiger partial charge in [0, 0.05) is 6.54 Å². The van der Waals surface area contributed by atoms with Gasteiger partial charge in [-0.2, -0.15) is 5.10 Å². The molecule has 3 aromatic rings. The van der Waals surface area contributed by atoms with Gasteiger partial charge in [-0.15, -0.1) is 0 Å². The molecule has 2 amide bonds. The minimum atomic E-state index is -3.78. The maximum atomic E-state index is 13.1.